The maximum Gasteiger partial charge on any atom is 0.293 e. The minimum Gasteiger partial charge on any atom is -0.451 e. The van der Waals surface area contributed by atoms with E-state index in [-0.39, 0.29) is 11.7 Å². The van der Waals surface area contributed by atoms with Crippen LogP contribution in [0.4, 0.5) is 5.13 Å². The van der Waals surface area contributed by atoms with Gasteiger partial charge in [-0.05, 0) is 42.8 Å². The molecule has 0 aliphatic rings. The van der Waals surface area contributed by atoms with Crippen molar-refractivity contribution in [1.82, 2.24) is 10.2 Å². The monoisotopic (exact) mass is 449 g/mol. The summed E-state index contributed by atoms with van der Waals surface area (Å²) in [6.07, 6.45) is 0. The number of hydrogen-bond acceptors (Lipinski definition) is 6. The third-order valence-corrected chi connectivity index (χ3v) is 6.54. The summed E-state index contributed by atoms with van der Waals surface area (Å²) in [4.78, 5) is 12.6. The lowest BCUT2D eigenvalue weighted by Crippen LogP contribution is -2.11. The van der Waals surface area contributed by atoms with E-state index in [0.29, 0.717) is 20.8 Å². The zero-order valence-electron chi connectivity index (χ0n) is 14.5. The Kier molecular flexibility index (Phi) is 5.59. The number of aromatic nitrogens is 2. The van der Waals surface area contributed by atoms with Crippen LogP contribution >= 0.6 is 46.3 Å². The molecule has 4 rings (SSSR count). The number of halogens is 2. The van der Waals surface area contributed by atoms with Crippen molar-refractivity contribution < 1.29 is 9.21 Å². The van der Waals surface area contributed by atoms with Gasteiger partial charge in [0, 0.05) is 26.7 Å². The molecule has 1 N–H and O–H groups in total. The summed E-state index contributed by atoms with van der Waals surface area (Å²) in [7, 11) is 0. The number of nitrogens with one attached hydrogen (secondary N) is 1. The summed E-state index contributed by atoms with van der Waals surface area (Å²) in [6, 6.07) is 12.9. The third kappa shape index (κ3) is 4.17. The molecule has 2 heterocycles. The molecule has 4 aromatic rings. The van der Waals surface area contributed by atoms with E-state index in [1.54, 1.807) is 30.0 Å². The quantitative estimate of drug-likeness (QED) is 0.280. The van der Waals surface area contributed by atoms with Gasteiger partial charge in [0.05, 0.1) is 0 Å². The molecule has 0 aliphatic heterocycles. The Morgan fingerprint density at radius 1 is 1.14 bits per heavy atom. The second-order valence-electron chi connectivity index (χ2n) is 5.94. The molecule has 0 saturated heterocycles. The van der Waals surface area contributed by atoms with Crippen molar-refractivity contribution in [3.63, 3.8) is 0 Å². The fourth-order valence-corrected chi connectivity index (χ4v) is 4.61. The maximum absolute atomic E-state index is 12.6. The molecule has 0 unspecified atom stereocenters. The molecule has 5 nitrogen and oxygen atoms in total. The number of fused-ring (bicyclic) bond motifs is 1. The van der Waals surface area contributed by atoms with Crippen LogP contribution < -0.4 is 5.32 Å². The highest BCUT2D eigenvalue weighted by Crippen LogP contribution is 2.31. The zero-order chi connectivity index (χ0) is 19.7. The summed E-state index contributed by atoms with van der Waals surface area (Å²) >= 11 is 14.8. The fourth-order valence-electron chi connectivity index (χ4n) is 2.61. The molecule has 28 heavy (non-hydrogen) atoms. The van der Waals surface area contributed by atoms with E-state index in [4.69, 9.17) is 27.6 Å². The third-order valence-electron chi connectivity index (χ3n) is 4.01. The predicted octanol–water partition coefficient (Wildman–Crippen LogP) is 6.44. The van der Waals surface area contributed by atoms with Crippen molar-refractivity contribution in [1.29, 1.82) is 0 Å². The van der Waals surface area contributed by atoms with Crippen molar-refractivity contribution in [2.45, 2.75) is 17.0 Å². The predicted molar refractivity (Wildman–Crippen MR) is 115 cm³/mol. The van der Waals surface area contributed by atoms with Crippen molar-refractivity contribution in [2.24, 2.45) is 0 Å². The smallest absolute Gasteiger partial charge is 0.293 e. The number of carbonyl (C=O) groups excluding carboxylic acids is 1. The average molecular weight is 450 g/mol. The summed E-state index contributed by atoms with van der Waals surface area (Å²) < 4.78 is 6.44. The number of nitrogens with zero attached hydrogens (tertiary/aromatic N) is 2. The first-order chi connectivity index (χ1) is 13.5. The maximum atomic E-state index is 12.6. The standard InChI is InChI=1S/C19H13Cl2N3O2S2/c1-10-14-8-13(21)6-7-15(14)26-16(10)17(25)22-18-23-24-19(28-18)27-9-11-2-4-12(20)5-3-11/h2-8H,9H2,1H3,(H,22,23,25). The molecule has 2 aromatic carbocycles. The number of amides is 1. The van der Waals surface area contributed by atoms with Gasteiger partial charge >= 0.3 is 0 Å². The van der Waals surface area contributed by atoms with Crippen LogP contribution in [0.2, 0.25) is 10.0 Å². The van der Waals surface area contributed by atoms with Crippen molar-refractivity contribution in [3.05, 3.63) is 69.4 Å². The Bertz CT molecular complexity index is 1160. The van der Waals surface area contributed by atoms with Crippen LogP contribution in [0.25, 0.3) is 11.0 Å². The number of rotatable bonds is 5. The lowest BCUT2D eigenvalue weighted by atomic mass is 10.1. The van der Waals surface area contributed by atoms with Gasteiger partial charge < -0.3 is 4.42 Å². The molecular weight excluding hydrogens is 437 g/mol. The second-order valence-corrected chi connectivity index (χ2v) is 9.01. The summed E-state index contributed by atoms with van der Waals surface area (Å²) in [5.41, 5.74) is 2.48. The van der Waals surface area contributed by atoms with Gasteiger partial charge in [0.1, 0.15) is 5.58 Å². The van der Waals surface area contributed by atoms with Gasteiger partial charge in [0.2, 0.25) is 5.13 Å². The van der Waals surface area contributed by atoms with Crippen molar-refractivity contribution in [2.75, 3.05) is 5.32 Å². The highest BCUT2D eigenvalue weighted by molar-refractivity contribution is 8.00. The number of furan rings is 1. The Morgan fingerprint density at radius 2 is 1.89 bits per heavy atom. The number of anilines is 1. The van der Waals surface area contributed by atoms with Gasteiger partial charge in [-0.25, -0.2) is 0 Å². The van der Waals surface area contributed by atoms with Crippen molar-refractivity contribution >= 4 is 68.3 Å². The molecule has 1 amide bonds. The first-order valence-electron chi connectivity index (χ1n) is 8.20. The Hall–Kier alpha value is -2.06. The van der Waals surface area contributed by atoms with E-state index in [0.717, 1.165) is 26.6 Å². The van der Waals surface area contributed by atoms with E-state index >= 15 is 0 Å². The zero-order valence-corrected chi connectivity index (χ0v) is 17.7. The van der Waals surface area contributed by atoms with E-state index in [9.17, 15) is 4.79 Å². The van der Waals surface area contributed by atoms with E-state index in [1.165, 1.54) is 11.3 Å². The van der Waals surface area contributed by atoms with Gasteiger partial charge in [-0.15, -0.1) is 10.2 Å². The summed E-state index contributed by atoms with van der Waals surface area (Å²) in [5.74, 6) is 0.612. The minimum atomic E-state index is -0.366. The van der Waals surface area contributed by atoms with Gasteiger partial charge in [0.25, 0.3) is 5.91 Å². The number of carbonyl (C=O) groups is 1. The van der Waals surface area contributed by atoms with Crippen LogP contribution in [0, 0.1) is 6.92 Å². The number of aryl methyl sites for hydroxylation is 1. The summed E-state index contributed by atoms with van der Waals surface area (Å²) in [6.45, 7) is 1.82. The number of hydrogen-bond donors (Lipinski definition) is 1. The number of thioether (sulfide) groups is 1. The topological polar surface area (TPSA) is 68.0 Å². The molecule has 0 saturated carbocycles. The van der Waals surface area contributed by atoms with Crippen LogP contribution in [0.1, 0.15) is 21.7 Å². The molecule has 0 radical (unpaired) electrons. The largest absolute Gasteiger partial charge is 0.451 e. The van der Waals surface area contributed by atoms with Crippen LogP contribution in [0.15, 0.2) is 51.2 Å². The van der Waals surface area contributed by atoms with Gasteiger partial charge in [-0.2, -0.15) is 0 Å². The van der Waals surface area contributed by atoms with Crippen LogP contribution in [-0.4, -0.2) is 16.1 Å². The average Bonchev–Trinajstić information content (AvgIpc) is 3.26. The van der Waals surface area contributed by atoms with Crippen molar-refractivity contribution in [3.8, 4) is 0 Å². The lowest BCUT2D eigenvalue weighted by molar-refractivity contribution is 0.0998. The van der Waals surface area contributed by atoms with Crippen LogP contribution in [0.5, 0.6) is 0 Å². The minimum absolute atomic E-state index is 0.239. The van der Waals surface area contributed by atoms with E-state index in [1.807, 2.05) is 31.2 Å². The Labute approximate surface area is 179 Å². The van der Waals surface area contributed by atoms with Crippen LogP contribution in [0.3, 0.4) is 0 Å². The molecular formula is C19H13Cl2N3O2S2. The lowest BCUT2D eigenvalue weighted by Gasteiger charge is -1.99. The molecule has 0 atom stereocenters. The Morgan fingerprint density at radius 3 is 2.68 bits per heavy atom. The molecule has 0 bridgehead atoms. The fraction of sp³-hybridized carbons (Fsp3) is 0.105. The second kappa shape index (κ2) is 8.13. The number of benzene rings is 2. The van der Waals surface area contributed by atoms with Gasteiger partial charge in [0.15, 0.2) is 10.1 Å². The normalized spacial score (nSPS) is 11.1. The first-order valence-corrected chi connectivity index (χ1v) is 10.8. The first kappa shape index (κ1) is 19.3. The molecule has 142 valence electrons. The van der Waals surface area contributed by atoms with Gasteiger partial charge in [-0.3, -0.25) is 10.1 Å². The molecule has 2 aromatic heterocycles. The van der Waals surface area contributed by atoms with Gasteiger partial charge in [-0.1, -0.05) is 58.4 Å². The summed E-state index contributed by atoms with van der Waals surface area (Å²) in [5, 5.41) is 13.4. The van der Waals surface area contributed by atoms with Crippen LogP contribution in [-0.2, 0) is 5.75 Å². The highest BCUT2D eigenvalue weighted by atomic mass is 35.5. The molecule has 9 heteroatoms. The molecule has 0 aliphatic carbocycles. The SMILES string of the molecule is Cc1c(C(=O)Nc2nnc(SCc3ccc(Cl)cc3)s2)oc2ccc(Cl)cc12. The highest BCUT2D eigenvalue weighted by Gasteiger charge is 2.19. The Balaban J connectivity index is 1.44. The van der Waals surface area contributed by atoms with E-state index in [2.05, 4.69) is 15.5 Å². The van der Waals surface area contributed by atoms with E-state index < -0.39 is 0 Å². The molecule has 0 fully saturated rings. The molecule has 0 spiro atoms.